The monoisotopic (exact) mass is 346 g/mol. The van der Waals surface area contributed by atoms with Gasteiger partial charge >= 0.3 is 0 Å². The molecular weight excluding hydrogens is 308 g/mol. The zero-order chi connectivity index (χ0) is 18.3. The van der Waals surface area contributed by atoms with Crippen LogP contribution in [0.2, 0.25) is 0 Å². The first-order valence-electron chi connectivity index (χ1n) is 9.77. The summed E-state index contributed by atoms with van der Waals surface area (Å²) in [5.41, 5.74) is 1.40. The highest BCUT2D eigenvalue weighted by atomic mass is 15.2. The Morgan fingerprint density at radius 3 is 2.40 bits per heavy atom. The lowest BCUT2D eigenvalue weighted by Gasteiger charge is -2.18. The molecular formula is C21H38N4. The van der Waals surface area contributed by atoms with Crippen LogP contribution in [-0.2, 0) is 6.42 Å². The molecule has 0 saturated carbocycles. The molecule has 2 N–H and O–H groups in total. The van der Waals surface area contributed by atoms with Crippen molar-refractivity contribution in [3.05, 3.63) is 35.9 Å². The molecule has 0 saturated heterocycles. The maximum atomic E-state index is 4.34. The molecule has 1 unspecified atom stereocenters. The summed E-state index contributed by atoms with van der Waals surface area (Å²) in [6, 6.07) is 11.1. The maximum Gasteiger partial charge on any atom is 0.191 e. The molecule has 0 fully saturated rings. The molecule has 1 atom stereocenters. The summed E-state index contributed by atoms with van der Waals surface area (Å²) in [5.74, 6) is 0.924. The zero-order valence-corrected chi connectivity index (χ0v) is 16.7. The molecule has 1 aromatic carbocycles. The van der Waals surface area contributed by atoms with Crippen LogP contribution in [0.5, 0.6) is 0 Å². The predicted octanol–water partition coefficient (Wildman–Crippen LogP) is 3.68. The van der Waals surface area contributed by atoms with Crippen molar-refractivity contribution in [2.75, 3.05) is 34.2 Å². The number of benzene rings is 1. The molecule has 4 heteroatoms. The molecule has 0 radical (unpaired) electrons. The van der Waals surface area contributed by atoms with E-state index in [1.54, 1.807) is 0 Å². The summed E-state index contributed by atoms with van der Waals surface area (Å²) in [5, 5.41) is 6.93. The summed E-state index contributed by atoms with van der Waals surface area (Å²) in [7, 11) is 6.13. The first-order chi connectivity index (χ1) is 12.1. The molecule has 0 aromatic heterocycles. The average molecular weight is 347 g/mol. The molecule has 4 nitrogen and oxygen atoms in total. The number of hydrogen-bond acceptors (Lipinski definition) is 2. The minimum Gasteiger partial charge on any atom is -0.356 e. The number of rotatable bonds is 12. The SMILES string of the molecule is CN=C(NCCCCCCCN(C)C)NC(C)CCc1ccccc1. The number of nitrogens with zero attached hydrogens (tertiary/aromatic N) is 2. The second kappa shape index (κ2) is 13.7. The fourth-order valence-corrected chi connectivity index (χ4v) is 2.82. The van der Waals surface area contributed by atoms with Crippen LogP contribution in [0.1, 0.15) is 51.0 Å². The largest absolute Gasteiger partial charge is 0.356 e. The van der Waals surface area contributed by atoms with E-state index in [0.717, 1.165) is 25.3 Å². The van der Waals surface area contributed by atoms with Gasteiger partial charge in [0, 0.05) is 19.6 Å². The summed E-state index contributed by atoms with van der Waals surface area (Å²) < 4.78 is 0. The van der Waals surface area contributed by atoms with Gasteiger partial charge in [0.2, 0.25) is 0 Å². The molecule has 0 aliphatic carbocycles. The van der Waals surface area contributed by atoms with Crippen LogP contribution >= 0.6 is 0 Å². The molecule has 0 aliphatic rings. The van der Waals surface area contributed by atoms with Crippen LogP contribution in [0.4, 0.5) is 0 Å². The number of guanidine groups is 1. The van der Waals surface area contributed by atoms with Crippen LogP contribution in [-0.4, -0.2) is 51.1 Å². The molecule has 0 aliphatic heterocycles. The Hall–Kier alpha value is -1.55. The first kappa shape index (κ1) is 21.5. The van der Waals surface area contributed by atoms with Crippen molar-refractivity contribution in [2.45, 2.75) is 57.9 Å². The lowest BCUT2D eigenvalue weighted by Crippen LogP contribution is -2.42. The molecule has 142 valence electrons. The Kier molecular flexibility index (Phi) is 11.8. The normalized spacial score (nSPS) is 13.1. The highest BCUT2D eigenvalue weighted by molar-refractivity contribution is 5.79. The van der Waals surface area contributed by atoms with Crippen molar-refractivity contribution in [2.24, 2.45) is 4.99 Å². The van der Waals surface area contributed by atoms with E-state index in [2.05, 4.69) is 71.9 Å². The smallest absolute Gasteiger partial charge is 0.191 e. The molecule has 1 rings (SSSR count). The van der Waals surface area contributed by atoms with E-state index in [1.807, 2.05) is 7.05 Å². The Bertz CT molecular complexity index is 456. The van der Waals surface area contributed by atoms with Crippen LogP contribution in [0.15, 0.2) is 35.3 Å². The van der Waals surface area contributed by atoms with Crippen molar-refractivity contribution >= 4 is 5.96 Å². The summed E-state index contributed by atoms with van der Waals surface area (Å²) >= 11 is 0. The zero-order valence-electron chi connectivity index (χ0n) is 16.7. The third-order valence-electron chi connectivity index (χ3n) is 4.39. The lowest BCUT2D eigenvalue weighted by molar-refractivity contribution is 0.389. The number of unbranched alkanes of at least 4 members (excludes halogenated alkanes) is 4. The molecule has 0 amide bonds. The maximum absolute atomic E-state index is 4.34. The predicted molar refractivity (Wildman–Crippen MR) is 110 cm³/mol. The Morgan fingerprint density at radius 2 is 1.72 bits per heavy atom. The van der Waals surface area contributed by atoms with E-state index in [9.17, 15) is 0 Å². The van der Waals surface area contributed by atoms with Gasteiger partial charge in [-0.2, -0.15) is 0 Å². The Labute approximate surface area is 155 Å². The second-order valence-corrected chi connectivity index (χ2v) is 7.14. The van der Waals surface area contributed by atoms with Crippen LogP contribution in [0.3, 0.4) is 0 Å². The minimum absolute atomic E-state index is 0.414. The number of hydrogen-bond donors (Lipinski definition) is 2. The van der Waals surface area contributed by atoms with Gasteiger partial charge in [0.25, 0.3) is 0 Å². The number of aryl methyl sites for hydroxylation is 1. The average Bonchev–Trinajstić information content (AvgIpc) is 2.61. The van der Waals surface area contributed by atoms with Gasteiger partial charge in [-0.1, -0.05) is 49.6 Å². The standard InChI is InChI=1S/C21H38N4/c1-19(15-16-20-13-9-8-10-14-20)24-21(22-2)23-17-11-6-5-7-12-18-25(3)4/h8-10,13-14,19H,5-7,11-12,15-18H2,1-4H3,(H2,22,23,24). The molecule has 1 aromatic rings. The minimum atomic E-state index is 0.414. The van der Waals surface area contributed by atoms with Crippen molar-refractivity contribution in [1.82, 2.24) is 15.5 Å². The van der Waals surface area contributed by atoms with E-state index in [1.165, 1.54) is 44.2 Å². The Balaban J connectivity index is 2.07. The van der Waals surface area contributed by atoms with Gasteiger partial charge in [-0.15, -0.1) is 0 Å². The van der Waals surface area contributed by atoms with Crippen molar-refractivity contribution in [1.29, 1.82) is 0 Å². The Morgan fingerprint density at radius 1 is 1.04 bits per heavy atom. The van der Waals surface area contributed by atoms with Crippen molar-refractivity contribution in [3.8, 4) is 0 Å². The van der Waals surface area contributed by atoms with Gasteiger partial charge in [0.1, 0.15) is 0 Å². The topological polar surface area (TPSA) is 39.7 Å². The summed E-state index contributed by atoms with van der Waals surface area (Å²) in [6.07, 6.45) is 8.68. The third-order valence-corrected chi connectivity index (χ3v) is 4.39. The summed E-state index contributed by atoms with van der Waals surface area (Å²) in [4.78, 5) is 6.60. The van der Waals surface area contributed by atoms with Gasteiger partial charge in [-0.25, -0.2) is 0 Å². The fourth-order valence-electron chi connectivity index (χ4n) is 2.82. The first-order valence-corrected chi connectivity index (χ1v) is 9.77. The van der Waals surface area contributed by atoms with Crippen molar-refractivity contribution in [3.63, 3.8) is 0 Å². The van der Waals surface area contributed by atoms with E-state index in [-0.39, 0.29) is 0 Å². The molecule has 25 heavy (non-hydrogen) atoms. The van der Waals surface area contributed by atoms with Gasteiger partial charge in [0.05, 0.1) is 0 Å². The van der Waals surface area contributed by atoms with Gasteiger partial charge in [0.15, 0.2) is 5.96 Å². The molecule has 0 spiro atoms. The number of aliphatic imine (C=N–C) groups is 1. The molecule has 0 heterocycles. The third kappa shape index (κ3) is 11.6. The van der Waals surface area contributed by atoms with E-state index in [4.69, 9.17) is 0 Å². The summed E-state index contributed by atoms with van der Waals surface area (Å²) in [6.45, 7) is 4.43. The van der Waals surface area contributed by atoms with E-state index in [0.29, 0.717) is 6.04 Å². The number of nitrogens with one attached hydrogen (secondary N) is 2. The quantitative estimate of drug-likeness (QED) is 0.344. The highest BCUT2D eigenvalue weighted by Crippen LogP contribution is 2.05. The van der Waals surface area contributed by atoms with Gasteiger partial charge in [-0.3, -0.25) is 4.99 Å². The van der Waals surface area contributed by atoms with E-state index >= 15 is 0 Å². The fraction of sp³-hybridized carbons (Fsp3) is 0.667. The second-order valence-electron chi connectivity index (χ2n) is 7.14. The van der Waals surface area contributed by atoms with Gasteiger partial charge in [-0.05, 0) is 58.8 Å². The molecule has 0 bridgehead atoms. The lowest BCUT2D eigenvalue weighted by atomic mass is 10.1. The van der Waals surface area contributed by atoms with E-state index < -0.39 is 0 Å². The van der Waals surface area contributed by atoms with Crippen LogP contribution < -0.4 is 10.6 Å². The van der Waals surface area contributed by atoms with Crippen LogP contribution in [0, 0.1) is 0 Å². The van der Waals surface area contributed by atoms with Crippen molar-refractivity contribution < 1.29 is 0 Å². The van der Waals surface area contributed by atoms with Gasteiger partial charge < -0.3 is 15.5 Å². The van der Waals surface area contributed by atoms with Crippen LogP contribution in [0.25, 0.3) is 0 Å². The highest BCUT2D eigenvalue weighted by Gasteiger charge is 2.05.